The van der Waals surface area contributed by atoms with Crippen LogP contribution in [0.2, 0.25) is 0 Å². The predicted octanol–water partition coefficient (Wildman–Crippen LogP) is 3.69. The van der Waals surface area contributed by atoms with Crippen molar-refractivity contribution in [2.45, 2.75) is 11.3 Å². The first-order chi connectivity index (χ1) is 6.22. The lowest BCUT2D eigenvalue weighted by Gasteiger charge is -2.00. The number of thioether (sulfide) groups is 1. The molecule has 0 saturated heterocycles. The van der Waals surface area contributed by atoms with E-state index in [1.165, 1.54) is 23.9 Å². The Labute approximate surface area is 85.3 Å². The second-order valence-electron chi connectivity index (χ2n) is 2.50. The third-order valence-corrected chi connectivity index (χ3v) is 2.71. The van der Waals surface area contributed by atoms with Crippen molar-refractivity contribution < 1.29 is 8.78 Å². The zero-order chi connectivity index (χ0) is 9.68. The molecule has 0 atom stereocenters. The molecule has 0 amide bonds. The zero-order valence-electron chi connectivity index (χ0n) is 6.90. The molecule has 0 aliphatic heterocycles. The zero-order valence-corrected chi connectivity index (χ0v) is 8.47. The minimum absolute atomic E-state index is 0.534. The Bertz CT molecular complexity index is 258. The van der Waals surface area contributed by atoms with Gasteiger partial charge in [-0.2, -0.15) is 0 Å². The normalized spacial score (nSPS) is 10.4. The van der Waals surface area contributed by atoms with Gasteiger partial charge in [0.15, 0.2) is 0 Å². The molecule has 1 aromatic rings. The molecule has 0 nitrogen and oxygen atoms in total. The van der Waals surface area contributed by atoms with Crippen LogP contribution in [0.5, 0.6) is 0 Å². The Hall–Kier alpha value is -0.280. The van der Waals surface area contributed by atoms with Crippen molar-refractivity contribution in [3.05, 3.63) is 29.8 Å². The van der Waals surface area contributed by atoms with Crippen molar-refractivity contribution in [3.63, 3.8) is 0 Å². The van der Waals surface area contributed by atoms with Gasteiger partial charge < -0.3 is 0 Å². The van der Waals surface area contributed by atoms with Gasteiger partial charge in [-0.25, -0.2) is 8.78 Å². The van der Waals surface area contributed by atoms with Gasteiger partial charge in [0, 0.05) is 16.8 Å². The van der Waals surface area contributed by atoms with Crippen molar-refractivity contribution in [2.75, 3.05) is 11.6 Å². The molecule has 0 aliphatic carbocycles. The average molecular weight is 223 g/mol. The summed E-state index contributed by atoms with van der Waals surface area (Å²) < 4.78 is 25.3. The van der Waals surface area contributed by atoms with Crippen LogP contribution in [-0.4, -0.2) is 11.6 Å². The lowest BCUT2D eigenvalue weighted by molar-refractivity contribution is 0.577. The van der Waals surface area contributed by atoms with Gasteiger partial charge in [-0.1, -0.05) is 0 Å². The monoisotopic (exact) mass is 222 g/mol. The highest BCUT2D eigenvalue weighted by Gasteiger charge is 2.00. The van der Waals surface area contributed by atoms with Crippen LogP contribution in [0.3, 0.4) is 0 Å². The first-order valence-corrected chi connectivity index (χ1v) is 5.39. The summed E-state index contributed by atoms with van der Waals surface area (Å²) in [6.07, 6.45) is 0.838. The smallest absolute Gasteiger partial charge is 0.127 e. The molecule has 0 N–H and O–H groups in total. The molecule has 0 saturated carbocycles. The van der Waals surface area contributed by atoms with E-state index in [9.17, 15) is 8.78 Å². The van der Waals surface area contributed by atoms with Gasteiger partial charge in [-0.05, 0) is 24.3 Å². The molecule has 4 heteroatoms. The molecule has 0 spiro atoms. The van der Waals surface area contributed by atoms with E-state index in [1.807, 2.05) is 0 Å². The molecule has 0 fully saturated rings. The van der Waals surface area contributed by atoms with Gasteiger partial charge in [-0.15, -0.1) is 23.4 Å². The topological polar surface area (TPSA) is 0 Å². The van der Waals surface area contributed by atoms with Gasteiger partial charge in [0.25, 0.3) is 0 Å². The minimum Gasteiger partial charge on any atom is -0.207 e. The fraction of sp³-hybridized carbons (Fsp3) is 0.333. The summed E-state index contributed by atoms with van der Waals surface area (Å²) in [5.74, 6) is 0.290. The number of halogens is 3. The average Bonchev–Trinajstić information content (AvgIpc) is 2.03. The van der Waals surface area contributed by atoms with Crippen LogP contribution in [0, 0.1) is 11.6 Å². The maximum Gasteiger partial charge on any atom is 0.127 e. The molecule has 1 aromatic carbocycles. The van der Waals surface area contributed by atoms with E-state index in [0.717, 1.165) is 18.2 Å². The van der Waals surface area contributed by atoms with Crippen LogP contribution in [0.4, 0.5) is 8.78 Å². The summed E-state index contributed by atoms with van der Waals surface area (Å²) in [5.41, 5.74) is 0. The van der Waals surface area contributed by atoms with Crippen LogP contribution in [0.1, 0.15) is 6.42 Å². The van der Waals surface area contributed by atoms with E-state index in [4.69, 9.17) is 11.6 Å². The summed E-state index contributed by atoms with van der Waals surface area (Å²) >= 11 is 6.88. The van der Waals surface area contributed by atoms with Crippen molar-refractivity contribution in [1.82, 2.24) is 0 Å². The summed E-state index contributed by atoms with van der Waals surface area (Å²) in [5, 5.41) is 0. The molecule has 0 radical (unpaired) electrons. The molecule has 13 heavy (non-hydrogen) atoms. The molecule has 0 bridgehead atoms. The van der Waals surface area contributed by atoms with Gasteiger partial charge in [0.1, 0.15) is 11.6 Å². The Kier molecular flexibility index (Phi) is 4.53. The lowest BCUT2D eigenvalue weighted by atomic mass is 10.3. The fourth-order valence-electron chi connectivity index (χ4n) is 0.856. The van der Waals surface area contributed by atoms with Crippen molar-refractivity contribution in [3.8, 4) is 0 Å². The van der Waals surface area contributed by atoms with E-state index >= 15 is 0 Å². The molecule has 0 aliphatic rings. The number of hydrogen-bond donors (Lipinski definition) is 0. The number of benzene rings is 1. The van der Waals surface area contributed by atoms with Crippen molar-refractivity contribution in [1.29, 1.82) is 0 Å². The highest BCUT2D eigenvalue weighted by Crippen LogP contribution is 2.21. The molecular weight excluding hydrogens is 214 g/mol. The molecule has 0 unspecified atom stereocenters. The van der Waals surface area contributed by atoms with E-state index in [-0.39, 0.29) is 0 Å². The first kappa shape index (κ1) is 10.8. The number of alkyl halides is 1. The van der Waals surface area contributed by atoms with Crippen LogP contribution >= 0.6 is 23.4 Å². The molecule has 1 rings (SSSR count). The quantitative estimate of drug-likeness (QED) is 0.425. The largest absolute Gasteiger partial charge is 0.207 e. The summed E-state index contributed by atoms with van der Waals surface area (Å²) in [6.45, 7) is 0. The predicted molar refractivity (Wildman–Crippen MR) is 52.4 cm³/mol. The molecule has 72 valence electrons. The SMILES string of the molecule is Fc1cc(F)cc(SCCCCl)c1. The van der Waals surface area contributed by atoms with Crippen LogP contribution in [0.15, 0.2) is 23.1 Å². The van der Waals surface area contributed by atoms with Gasteiger partial charge in [-0.3, -0.25) is 0 Å². The summed E-state index contributed by atoms with van der Waals surface area (Å²) in [6, 6.07) is 3.51. The van der Waals surface area contributed by atoms with Gasteiger partial charge in [0.05, 0.1) is 0 Å². The van der Waals surface area contributed by atoms with Gasteiger partial charge in [0.2, 0.25) is 0 Å². The standard InChI is InChI=1S/C9H9ClF2S/c10-2-1-3-13-9-5-7(11)4-8(12)6-9/h4-6H,1-3H2. The van der Waals surface area contributed by atoms with Crippen molar-refractivity contribution in [2.24, 2.45) is 0 Å². The second kappa shape index (κ2) is 5.45. The van der Waals surface area contributed by atoms with Crippen LogP contribution in [0.25, 0.3) is 0 Å². The third-order valence-electron chi connectivity index (χ3n) is 1.38. The molecule has 0 heterocycles. The van der Waals surface area contributed by atoms with Crippen LogP contribution < -0.4 is 0 Å². The number of rotatable bonds is 4. The highest BCUT2D eigenvalue weighted by molar-refractivity contribution is 7.99. The Morgan fingerprint density at radius 3 is 2.31 bits per heavy atom. The first-order valence-electron chi connectivity index (χ1n) is 3.87. The number of hydrogen-bond acceptors (Lipinski definition) is 1. The highest BCUT2D eigenvalue weighted by atomic mass is 35.5. The molecular formula is C9H9ClF2S. The Balaban J connectivity index is 2.56. The fourth-order valence-corrected chi connectivity index (χ4v) is 2.06. The lowest BCUT2D eigenvalue weighted by Crippen LogP contribution is -1.84. The van der Waals surface area contributed by atoms with Gasteiger partial charge >= 0.3 is 0 Å². The van der Waals surface area contributed by atoms with Crippen molar-refractivity contribution >= 4 is 23.4 Å². The van der Waals surface area contributed by atoms with E-state index in [0.29, 0.717) is 10.8 Å². The molecule has 0 aromatic heterocycles. The van der Waals surface area contributed by atoms with E-state index < -0.39 is 11.6 Å². The van der Waals surface area contributed by atoms with E-state index in [2.05, 4.69) is 0 Å². The summed E-state index contributed by atoms with van der Waals surface area (Å²) in [4.78, 5) is 0.614. The maximum absolute atomic E-state index is 12.7. The van der Waals surface area contributed by atoms with E-state index in [1.54, 1.807) is 0 Å². The summed E-state index contributed by atoms with van der Waals surface area (Å²) in [7, 11) is 0. The Morgan fingerprint density at radius 2 is 1.77 bits per heavy atom. The third kappa shape index (κ3) is 3.96. The maximum atomic E-state index is 12.7. The second-order valence-corrected chi connectivity index (χ2v) is 4.04. The Morgan fingerprint density at radius 1 is 1.15 bits per heavy atom. The minimum atomic E-state index is -0.534. The van der Waals surface area contributed by atoms with Crippen LogP contribution in [-0.2, 0) is 0 Å².